The van der Waals surface area contributed by atoms with Gasteiger partial charge < -0.3 is 10.6 Å². The van der Waals surface area contributed by atoms with Crippen LogP contribution in [0.5, 0.6) is 0 Å². The fourth-order valence-corrected chi connectivity index (χ4v) is 2.76. The van der Waals surface area contributed by atoms with Gasteiger partial charge in [-0.3, -0.25) is 4.90 Å². The summed E-state index contributed by atoms with van der Waals surface area (Å²) < 4.78 is 0. The third-order valence-corrected chi connectivity index (χ3v) is 4.94. The first-order valence-corrected chi connectivity index (χ1v) is 7.46. The number of likely N-dealkylation sites (tertiary alicyclic amines) is 1. The van der Waals surface area contributed by atoms with Crippen molar-refractivity contribution < 1.29 is 0 Å². The van der Waals surface area contributed by atoms with E-state index in [9.17, 15) is 0 Å². The zero-order valence-corrected chi connectivity index (χ0v) is 13.3. The molecule has 108 valence electrons. The predicted molar refractivity (Wildman–Crippen MR) is 79.8 cm³/mol. The van der Waals surface area contributed by atoms with Crippen LogP contribution in [0, 0.1) is 5.41 Å². The van der Waals surface area contributed by atoms with Gasteiger partial charge in [-0.1, -0.05) is 27.7 Å². The molecular formula is C15H33N3. The van der Waals surface area contributed by atoms with Gasteiger partial charge in [-0.15, -0.1) is 0 Å². The summed E-state index contributed by atoms with van der Waals surface area (Å²) >= 11 is 0. The second-order valence-corrected chi connectivity index (χ2v) is 7.00. The SMILES string of the molecule is CCN(CC)C1CCN(CC(C)(C)C(C)(C)N)C1. The van der Waals surface area contributed by atoms with E-state index in [1.54, 1.807) is 0 Å². The number of nitrogens with two attached hydrogens (primary N) is 1. The molecule has 0 aromatic heterocycles. The molecule has 1 saturated heterocycles. The first-order valence-electron chi connectivity index (χ1n) is 7.46. The fourth-order valence-electron chi connectivity index (χ4n) is 2.76. The van der Waals surface area contributed by atoms with Gasteiger partial charge in [0.1, 0.15) is 0 Å². The molecule has 1 rings (SSSR count). The summed E-state index contributed by atoms with van der Waals surface area (Å²) in [5.74, 6) is 0. The Labute approximate surface area is 114 Å². The lowest BCUT2D eigenvalue weighted by atomic mass is 9.75. The van der Waals surface area contributed by atoms with Gasteiger partial charge in [0.2, 0.25) is 0 Å². The number of likely N-dealkylation sites (N-methyl/N-ethyl adjacent to an activating group) is 1. The lowest BCUT2D eigenvalue weighted by Gasteiger charge is -2.41. The summed E-state index contributed by atoms with van der Waals surface area (Å²) in [5, 5.41) is 0. The summed E-state index contributed by atoms with van der Waals surface area (Å²) in [6.07, 6.45) is 1.31. The summed E-state index contributed by atoms with van der Waals surface area (Å²) in [7, 11) is 0. The molecule has 1 aliphatic rings. The molecule has 0 radical (unpaired) electrons. The van der Waals surface area contributed by atoms with E-state index in [4.69, 9.17) is 5.73 Å². The van der Waals surface area contributed by atoms with Gasteiger partial charge in [0.25, 0.3) is 0 Å². The Balaban J connectivity index is 2.53. The second-order valence-electron chi connectivity index (χ2n) is 7.00. The lowest BCUT2D eigenvalue weighted by Crippen LogP contribution is -2.53. The molecule has 0 bridgehead atoms. The van der Waals surface area contributed by atoms with Crippen LogP contribution in [-0.4, -0.2) is 54.1 Å². The third kappa shape index (κ3) is 3.69. The smallest absolute Gasteiger partial charge is 0.0235 e. The highest BCUT2D eigenvalue weighted by Gasteiger charge is 2.37. The minimum atomic E-state index is -0.125. The van der Waals surface area contributed by atoms with Gasteiger partial charge in [0.15, 0.2) is 0 Å². The van der Waals surface area contributed by atoms with Crippen molar-refractivity contribution in [3.8, 4) is 0 Å². The monoisotopic (exact) mass is 255 g/mol. The van der Waals surface area contributed by atoms with Gasteiger partial charge in [-0.25, -0.2) is 0 Å². The van der Waals surface area contributed by atoms with Gasteiger partial charge >= 0.3 is 0 Å². The van der Waals surface area contributed by atoms with E-state index in [0.29, 0.717) is 0 Å². The van der Waals surface area contributed by atoms with Crippen LogP contribution in [-0.2, 0) is 0 Å². The molecule has 0 spiro atoms. The largest absolute Gasteiger partial charge is 0.325 e. The quantitative estimate of drug-likeness (QED) is 0.789. The van der Waals surface area contributed by atoms with Crippen molar-refractivity contribution in [2.75, 3.05) is 32.7 Å². The van der Waals surface area contributed by atoms with Crippen LogP contribution in [0.3, 0.4) is 0 Å². The lowest BCUT2D eigenvalue weighted by molar-refractivity contribution is 0.121. The van der Waals surface area contributed by atoms with Crippen LogP contribution in [0.4, 0.5) is 0 Å². The highest BCUT2D eigenvalue weighted by Crippen LogP contribution is 2.31. The minimum Gasteiger partial charge on any atom is -0.325 e. The van der Waals surface area contributed by atoms with Gasteiger partial charge in [-0.2, -0.15) is 0 Å². The van der Waals surface area contributed by atoms with E-state index in [0.717, 1.165) is 12.6 Å². The average Bonchev–Trinajstić information content (AvgIpc) is 2.66. The molecule has 1 heterocycles. The fraction of sp³-hybridized carbons (Fsp3) is 1.00. The average molecular weight is 255 g/mol. The van der Waals surface area contributed by atoms with Crippen molar-refractivity contribution in [2.45, 2.75) is 59.5 Å². The molecule has 0 aromatic rings. The highest BCUT2D eigenvalue weighted by atomic mass is 15.3. The molecule has 0 saturated carbocycles. The minimum absolute atomic E-state index is 0.125. The van der Waals surface area contributed by atoms with Crippen molar-refractivity contribution in [3.63, 3.8) is 0 Å². The number of rotatable bonds is 6. The zero-order chi connectivity index (χ0) is 14.0. The number of nitrogens with zero attached hydrogens (tertiary/aromatic N) is 2. The highest BCUT2D eigenvalue weighted by molar-refractivity contribution is 4.94. The van der Waals surface area contributed by atoms with Gasteiger partial charge in [-0.05, 0) is 45.3 Å². The maximum absolute atomic E-state index is 6.30. The van der Waals surface area contributed by atoms with Crippen LogP contribution in [0.1, 0.15) is 48.0 Å². The molecule has 1 atom stereocenters. The Bertz CT molecular complexity index is 251. The normalized spacial score (nSPS) is 23.0. The Morgan fingerprint density at radius 1 is 1.17 bits per heavy atom. The Morgan fingerprint density at radius 3 is 2.17 bits per heavy atom. The number of hydrogen-bond donors (Lipinski definition) is 1. The molecule has 1 fully saturated rings. The topological polar surface area (TPSA) is 32.5 Å². The first-order chi connectivity index (χ1) is 8.21. The van der Waals surface area contributed by atoms with Crippen molar-refractivity contribution in [2.24, 2.45) is 11.1 Å². The van der Waals surface area contributed by atoms with E-state index in [-0.39, 0.29) is 11.0 Å². The van der Waals surface area contributed by atoms with Crippen LogP contribution in [0.15, 0.2) is 0 Å². The van der Waals surface area contributed by atoms with Gasteiger partial charge in [0, 0.05) is 24.7 Å². The van der Waals surface area contributed by atoms with Crippen LogP contribution in [0.2, 0.25) is 0 Å². The van der Waals surface area contributed by atoms with Crippen LogP contribution >= 0.6 is 0 Å². The molecule has 0 aromatic carbocycles. The van der Waals surface area contributed by atoms with Crippen molar-refractivity contribution in [3.05, 3.63) is 0 Å². The summed E-state index contributed by atoms with van der Waals surface area (Å²) in [6.45, 7) is 19.3. The zero-order valence-electron chi connectivity index (χ0n) is 13.3. The molecule has 0 aliphatic carbocycles. The van der Waals surface area contributed by atoms with Crippen LogP contribution in [0.25, 0.3) is 0 Å². The van der Waals surface area contributed by atoms with Gasteiger partial charge in [0.05, 0.1) is 0 Å². The van der Waals surface area contributed by atoms with Crippen LogP contribution < -0.4 is 5.73 Å². The molecule has 18 heavy (non-hydrogen) atoms. The first kappa shape index (κ1) is 15.9. The molecule has 3 heteroatoms. The number of hydrogen-bond acceptors (Lipinski definition) is 3. The maximum atomic E-state index is 6.30. The summed E-state index contributed by atoms with van der Waals surface area (Å²) in [6, 6.07) is 0.747. The van der Waals surface area contributed by atoms with E-state index in [2.05, 4.69) is 51.3 Å². The Kier molecular flexibility index (Phi) is 5.22. The van der Waals surface area contributed by atoms with Crippen molar-refractivity contribution in [1.82, 2.24) is 9.80 Å². The van der Waals surface area contributed by atoms with E-state index >= 15 is 0 Å². The maximum Gasteiger partial charge on any atom is 0.0235 e. The summed E-state index contributed by atoms with van der Waals surface area (Å²) in [4.78, 5) is 5.18. The standard InChI is InChI=1S/C15H33N3/c1-7-18(8-2)13-9-10-17(11-13)12-14(3,4)15(5,6)16/h13H,7-12,16H2,1-6H3. The van der Waals surface area contributed by atoms with Crippen molar-refractivity contribution in [1.29, 1.82) is 0 Å². The molecule has 1 aliphatic heterocycles. The second kappa shape index (κ2) is 5.89. The summed E-state index contributed by atoms with van der Waals surface area (Å²) in [5.41, 5.74) is 6.33. The Morgan fingerprint density at radius 2 is 1.72 bits per heavy atom. The van der Waals surface area contributed by atoms with E-state index < -0.39 is 0 Å². The van der Waals surface area contributed by atoms with E-state index in [1.165, 1.54) is 32.6 Å². The van der Waals surface area contributed by atoms with Crippen molar-refractivity contribution >= 4 is 0 Å². The molecule has 3 nitrogen and oxygen atoms in total. The molecular weight excluding hydrogens is 222 g/mol. The van der Waals surface area contributed by atoms with E-state index in [1.807, 2.05) is 0 Å². The molecule has 0 amide bonds. The molecule has 1 unspecified atom stereocenters. The predicted octanol–water partition coefficient (Wildman–Crippen LogP) is 2.17. The third-order valence-electron chi connectivity index (χ3n) is 4.94. The molecule has 2 N–H and O–H groups in total. The Hall–Kier alpha value is -0.120.